The molecule has 0 aromatic heterocycles. The number of nitrogens with two attached hydrogens (primary N) is 1. The van der Waals surface area contributed by atoms with Crippen molar-refractivity contribution in [3.05, 3.63) is 23.8 Å². The van der Waals surface area contributed by atoms with Gasteiger partial charge in [0.1, 0.15) is 17.5 Å². The van der Waals surface area contributed by atoms with Crippen molar-refractivity contribution in [3.8, 4) is 11.5 Å². The quantitative estimate of drug-likeness (QED) is 0.455. The summed E-state index contributed by atoms with van der Waals surface area (Å²) >= 11 is 0. The molecule has 0 aliphatic carbocycles. The summed E-state index contributed by atoms with van der Waals surface area (Å²) < 4.78 is 0. The second kappa shape index (κ2) is 6.41. The van der Waals surface area contributed by atoms with Crippen molar-refractivity contribution in [1.82, 2.24) is 5.32 Å². The van der Waals surface area contributed by atoms with Gasteiger partial charge in [-0.15, -0.1) is 0 Å². The third-order valence-corrected chi connectivity index (χ3v) is 2.46. The van der Waals surface area contributed by atoms with E-state index in [1.165, 1.54) is 12.1 Å². The average Bonchev–Trinajstić information content (AvgIpc) is 2.31. The smallest absolute Gasteiger partial charge is 0.326 e. The molecular formula is C12H14N2O6. The molecule has 1 aromatic carbocycles. The van der Waals surface area contributed by atoms with E-state index >= 15 is 0 Å². The van der Waals surface area contributed by atoms with E-state index < -0.39 is 30.2 Å². The van der Waals surface area contributed by atoms with E-state index in [4.69, 9.17) is 15.9 Å². The number of nitrogens with one attached hydrogen (secondary N) is 1. The average molecular weight is 282 g/mol. The standard InChI is InChI=1S/C12H14N2O6/c13-10(17)5-8(12(19)20)14-11(18)3-6-1-2-7(15)4-9(6)16/h1-2,4,8,15-16H,3,5H2,(H2,13,17)(H,14,18)(H,19,20)/t8-/m1/s1. The molecule has 0 bridgehead atoms. The van der Waals surface area contributed by atoms with Gasteiger partial charge < -0.3 is 26.4 Å². The summed E-state index contributed by atoms with van der Waals surface area (Å²) in [5.74, 6) is -3.39. The fourth-order valence-corrected chi connectivity index (χ4v) is 1.52. The molecule has 108 valence electrons. The monoisotopic (exact) mass is 282 g/mol. The summed E-state index contributed by atoms with van der Waals surface area (Å²) in [6, 6.07) is 2.24. The predicted octanol–water partition coefficient (Wildman–Crippen LogP) is -0.915. The zero-order chi connectivity index (χ0) is 15.3. The van der Waals surface area contributed by atoms with Gasteiger partial charge in [-0.3, -0.25) is 9.59 Å². The van der Waals surface area contributed by atoms with Gasteiger partial charge >= 0.3 is 5.97 Å². The van der Waals surface area contributed by atoms with Crippen LogP contribution in [-0.4, -0.2) is 39.1 Å². The molecule has 0 heterocycles. The largest absolute Gasteiger partial charge is 0.508 e. The first-order chi connectivity index (χ1) is 9.29. The lowest BCUT2D eigenvalue weighted by molar-refractivity contribution is -0.143. The van der Waals surface area contributed by atoms with Crippen molar-refractivity contribution < 1.29 is 29.7 Å². The van der Waals surface area contributed by atoms with Gasteiger partial charge in [-0.1, -0.05) is 6.07 Å². The minimum absolute atomic E-state index is 0.163. The maximum atomic E-state index is 11.6. The lowest BCUT2D eigenvalue weighted by Gasteiger charge is -2.13. The van der Waals surface area contributed by atoms with Gasteiger partial charge in [-0.2, -0.15) is 0 Å². The van der Waals surface area contributed by atoms with E-state index in [1.54, 1.807) is 0 Å². The number of carboxylic acid groups (broad SMARTS) is 1. The SMILES string of the molecule is NC(=O)C[C@@H](NC(=O)Cc1ccc(O)cc1O)C(=O)O. The molecule has 20 heavy (non-hydrogen) atoms. The maximum Gasteiger partial charge on any atom is 0.326 e. The van der Waals surface area contributed by atoms with Crippen LogP contribution in [0.4, 0.5) is 0 Å². The van der Waals surface area contributed by atoms with Crippen LogP contribution < -0.4 is 11.1 Å². The fraction of sp³-hybridized carbons (Fsp3) is 0.250. The second-order valence-electron chi connectivity index (χ2n) is 4.12. The molecule has 1 aromatic rings. The lowest BCUT2D eigenvalue weighted by atomic mass is 10.1. The van der Waals surface area contributed by atoms with E-state index in [9.17, 15) is 19.5 Å². The third-order valence-electron chi connectivity index (χ3n) is 2.46. The molecule has 8 heteroatoms. The number of aliphatic carboxylic acids is 1. The van der Waals surface area contributed by atoms with Gasteiger partial charge in [0, 0.05) is 11.6 Å². The van der Waals surface area contributed by atoms with Crippen LogP contribution in [0.15, 0.2) is 18.2 Å². The van der Waals surface area contributed by atoms with Gasteiger partial charge in [-0.05, 0) is 6.07 Å². The molecule has 1 atom stereocenters. The Morgan fingerprint density at radius 1 is 1.25 bits per heavy atom. The highest BCUT2D eigenvalue weighted by Crippen LogP contribution is 2.22. The number of rotatable bonds is 6. The van der Waals surface area contributed by atoms with E-state index in [0.29, 0.717) is 0 Å². The molecule has 0 saturated carbocycles. The second-order valence-corrected chi connectivity index (χ2v) is 4.12. The lowest BCUT2D eigenvalue weighted by Crippen LogP contribution is -2.43. The van der Waals surface area contributed by atoms with Gasteiger partial charge in [-0.25, -0.2) is 4.79 Å². The van der Waals surface area contributed by atoms with Gasteiger partial charge in [0.15, 0.2) is 0 Å². The molecule has 0 spiro atoms. The van der Waals surface area contributed by atoms with E-state index in [2.05, 4.69) is 5.32 Å². The van der Waals surface area contributed by atoms with Crippen LogP contribution in [0.5, 0.6) is 11.5 Å². The Balaban J connectivity index is 2.70. The maximum absolute atomic E-state index is 11.6. The number of carboxylic acids is 1. The van der Waals surface area contributed by atoms with Crippen LogP contribution in [0.1, 0.15) is 12.0 Å². The number of phenols is 2. The number of hydrogen-bond acceptors (Lipinski definition) is 5. The Morgan fingerprint density at radius 3 is 2.40 bits per heavy atom. The van der Waals surface area contributed by atoms with Gasteiger partial charge in [0.2, 0.25) is 11.8 Å². The highest BCUT2D eigenvalue weighted by Gasteiger charge is 2.22. The van der Waals surface area contributed by atoms with Gasteiger partial charge in [0.25, 0.3) is 0 Å². The Hall–Kier alpha value is -2.77. The number of phenolic OH excluding ortho intramolecular Hbond substituents is 2. The van der Waals surface area contributed by atoms with Crippen molar-refractivity contribution in [3.63, 3.8) is 0 Å². The predicted molar refractivity (Wildman–Crippen MR) is 66.9 cm³/mol. The van der Waals surface area contributed by atoms with Crippen molar-refractivity contribution in [2.45, 2.75) is 18.9 Å². The Labute approximate surface area is 113 Å². The fourth-order valence-electron chi connectivity index (χ4n) is 1.52. The molecule has 8 nitrogen and oxygen atoms in total. The number of amides is 2. The minimum Gasteiger partial charge on any atom is -0.508 e. The molecule has 0 unspecified atom stereocenters. The van der Waals surface area contributed by atoms with Crippen molar-refractivity contribution >= 4 is 17.8 Å². The van der Waals surface area contributed by atoms with E-state index in [1.807, 2.05) is 0 Å². The van der Waals surface area contributed by atoms with Gasteiger partial charge in [0.05, 0.1) is 12.8 Å². The normalized spacial score (nSPS) is 11.6. The summed E-state index contributed by atoms with van der Waals surface area (Å²) in [5, 5.41) is 29.5. The zero-order valence-electron chi connectivity index (χ0n) is 10.4. The molecule has 1 rings (SSSR count). The molecule has 6 N–H and O–H groups in total. The summed E-state index contributed by atoms with van der Waals surface area (Å²) in [7, 11) is 0. The number of primary amides is 1. The molecule has 0 aliphatic rings. The first kappa shape index (κ1) is 15.3. The van der Waals surface area contributed by atoms with Crippen molar-refractivity contribution in [2.24, 2.45) is 5.73 Å². The summed E-state index contributed by atoms with van der Waals surface area (Å²) in [5.41, 5.74) is 5.09. The van der Waals surface area contributed by atoms with Crippen molar-refractivity contribution in [2.75, 3.05) is 0 Å². The minimum atomic E-state index is -1.42. The number of carbonyl (C=O) groups is 3. The summed E-state index contributed by atoms with van der Waals surface area (Å²) in [6.07, 6.45) is -0.822. The van der Waals surface area contributed by atoms with Crippen LogP contribution in [0.3, 0.4) is 0 Å². The van der Waals surface area contributed by atoms with E-state index in [0.717, 1.165) is 6.07 Å². The number of aromatic hydroxyl groups is 2. The first-order valence-corrected chi connectivity index (χ1v) is 5.61. The van der Waals surface area contributed by atoms with Crippen LogP contribution in [0.2, 0.25) is 0 Å². The van der Waals surface area contributed by atoms with Crippen LogP contribution in [0.25, 0.3) is 0 Å². The first-order valence-electron chi connectivity index (χ1n) is 5.61. The molecular weight excluding hydrogens is 268 g/mol. The number of hydrogen-bond donors (Lipinski definition) is 5. The molecule has 0 saturated heterocycles. The topological polar surface area (TPSA) is 150 Å². The highest BCUT2D eigenvalue weighted by molar-refractivity contribution is 5.89. The summed E-state index contributed by atoms with van der Waals surface area (Å²) in [6.45, 7) is 0. The summed E-state index contributed by atoms with van der Waals surface area (Å²) in [4.78, 5) is 33.2. The molecule has 0 radical (unpaired) electrons. The number of carbonyl (C=O) groups excluding carboxylic acids is 2. The molecule has 2 amide bonds. The third kappa shape index (κ3) is 4.48. The number of benzene rings is 1. The molecule has 0 aliphatic heterocycles. The van der Waals surface area contributed by atoms with Crippen LogP contribution in [-0.2, 0) is 20.8 Å². The Bertz CT molecular complexity index is 543. The molecule has 0 fully saturated rings. The van der Waals surface area contributed by atoms with E-state index in [-0.39, 0.29) is 23.5 Å². The Morgan fingerprint density at radius 2 is 1.90 bits per heavy atom. The van der Waals surface area contributed by atoms with Crippen molar-refractivity contribution in [1.29, 1.82) is 0 Å². The highest BCUT2D eigenvalue weighted by atomic mass is 16.4. The van der Waals surface area contributed by atoms with Crippen LogP contribution in [0, 0.1) is 0 Å². The Kier molecular flexibility index (Phi) is 4.90. The van der Waals surface area contributed by atoms with Crippen LogP contribution >= 0.6 is 0 Å². The zero-order valence-corrected chi connectivity index (χ0v) is 10.4.